The summed E-state index contributed by atoms with van der Waals surface area (Å²) in [6.45, 7) is 4.31. The number of sulfonamides is 1. The van der Waals surface area contributed by atoms with E-state index in [-0.39, 0.29) is 5.91 Å². The summed E-state index contributed by atoms with van der Waals surface area (Å²) >= 11 is 0. The minimum absolute atomic E-state index is 0.200. The highest BCUT2D eigenvalue weighted by Crippen LogP contribution is 2.17. The molecule has 1 aliphatic heterocycles. The molecule has 7 nitrogen and oxygen atoms in total. The van der Waals surface area contributed by atoms with Crippen molar-refractivity contribution in [1.82, 2.24) is 10.2 Å². The molecule has 30 heavy (non-hydrogen) atoms. The van der Waals surface area contributed by atoms with E-state index in [0.29, 0.717) is 30.8 Å². The van der Waals surface area contributed by atoms with E-state index in [1.165, 1.54) is 31.5 Å². The van der Waals surface area contributed by atoms with Gasteiger partial charge in [0.2, 0.25) is 10.0 Å². The zero-order valence-corrected chi connectivity index (χ0v) is 18.1. The van der Waals surface area contributed by atoms with Crippen LogP contribution in [0, 0.1) is 0 Å². The van der Waals surface area contributed by atoms with Crippen molar-refractivity contribution < 1.29 is 17.9 Å². The van der Waals surface area contributed by atoms with E-state index in [2.05, 4.69) is 27.1 Å². The Morgan fingerprint density at radius 3 is 2.53 bits per heavy atom. The van der Waals surface area contributed by atoms with E-state index in [4.69, 9.17) is 4.74 Å². The lowest BCUT2D eigenvalue weighted by Crippen LogP contribution is -2.25. The first kappa shape index (κ1) is 22.1. The number of anilines is 1. The standard InChI is InChI=1S/C22H29N3O4S/c1-30(27,28)24-20-10-8-19(9-11-20)22(26)23-12-5-15-29-21-7-4-6-18(16-21)17-25-13-2-3-14-25/h4,6-11,16,24H,2-3,5,12-15,17H2,1H3,(H,23,26). The molecule has 2 aromatic rings. The number of carbonyl (C=O) groups is 1. The first-order chi connectivity index (χ1) is 14.4. The van der Waals surface area contributed by atoms with Gasteiger partial charge in [-0.05, 0) is 74.3 Å². The summed E-state index contributed by atoms with van der Waals surface area (Å²) in [6, 6.07) is 14.5. The van der Waals surface area contributed by atoms with Gasteiger partial charge in [0, 0.05) is 24.3 Å². The molecule has 1 amide bonds. The fourth-order valence-corrected chi connectivity index (χ4v) is 3.97. The van der Waals surface area contributed by atoms with E-state index in [0.717, 1.165) is 18.6 Å². The summed E-state index contributed by atoms with van der Waals surface area (Å²) in [5, 5.41) is 2.85. The van der Waals surface area contributed by atoms with Gasteiger partial charge in [-0.3, -0.25) is 14.4 Å². The third kappa shape index (κ3) is 7.35. The second-order valence-electron chi connectivity index (χ2n) is 7.54. The predicted molar refractivity (Wildman–Crippen MR) is 118 cm³/mol. The van der Waals surface area contributed by atoms with E-state index >= 15 is 0 Å². The van der Waals surface area contributed by atoms with Crippen LogP contribution in [0.3, 0.4) is 0 Å². The summed E-state index contributed by atoms with van der Waals surface area (Å²) in [5.74, 6) is 0.653. The summed E-state index contributed by atoms with van der Waals surface area (Å²) in [4.78, 5) is 14.6. The molecule has 1 aliphatic rings. The van der Waals surface area contributed by atoms with Gasteiger partial charge < -0.3 is 10.1 Å². The van der Waals surface area contributed by atoms with Crippen molar-refractivity contribution in [1.29, 1.82) is 0 Å². The number of nitrogens with zero attached hydrogens (tertiary/aromatic N) is 1. The molecule has 1 saturated heterocycles. The van der Waals surface area contributed by atoms with Crippen molar-refractivity contribution in [3.05, 3.63) is 59.7 Å². The van der Waals surface area contributed by atoms with Gasteiger partial charge in [0.05, 0.1) is 12.9 Å². The molecule has 2 aromatic carbocycles. The van der Waals surface area contributed by atoms with Gasteiger partial charge in [-0.2, -0.15) is 0 Å². The average Bonchev–Trinajstić information content (AvgIpc) is 3.20. The molecule has 3 rings (SSSR count). The van der Waals surface area contributed by atoms with Crippen LogP contribution in [0.4, 0.5) is 5.69 Å². The van der Waals surface area contributed by atoms with Crippen LogP contribution in [0.2, 0.25) is 0 Å². The number of ether oxygens (including phenoxy) is 1. The number of hydrogen-bond donors (Lipinski definition) is 2. The molecule has 162 valence electrons. The molecule has 0 saturated carbocycles. The molecule has 0 aromatic heterocycles. The Labute approximate surface area is 178 Å². The molecule has 0 spiro atoms. The number of nitrogens with one attached hydrogen (secondary N) is 2. The van der Waals surface area contributed by atoms with Crippen LogP contribution in [0.5, 0.6) is 5.75 Å². The summed E-state index contributed by atoms with van der Waals surface area (Å²) in [6.07, 6.45) is 4.34. The Morgan fingerprint density at radius 2 is 1.83 bits per heavy atom. The third-order valence-corrected chi connectivity index (χ3v) is 5.44. The zero-order valence-electron chi connectivity index (χ0n) is 17.3. The van der Waals surface area contributed by atoms with Crippen LogP contribution < -0.4 is 14.8 Å². The van der Waals surface area contributed by atoms with Gasteiger partial charge in [0.25, 0.3) is 5.91 Å². The van der Waals surface area contributed by atoms with Gasteiger partial charge >= 0.3 is 0 Å². The smallest absolute Gasteiger partial charge is 0.251 e. The highest BCUT2D eigenvalue weighted by molar-refractivity contribution is 7.92. The fraction of sp³-hybridized carbons (Fsp3) is 0.409. The Kier molecular flexibility index (Phi) is 7.70. The van der Waals surface area contributed by atoms with Gasteiger partial charge in [-0.25, -0.2) is 8.42 Å². The largest absolute Gasteiger partial charge is 0.494 e. The van der Waals surface area contributed by atoms with Crippen LogP contribution >= 0.6 is 0 Å². The van der Waals surface area contributed by atoms with Crippen molar-refractivity contribution in [2.24, 2.45) is 0 Å². The SMILES string of the molecule is CS(=O)(=O)Nc1ccc(C(=O)NCCCOc2cccc(CN3CCCC3)c2)cc1. The minimum Gasteiger partial charge on any atom is -0.494 e. The molecular formula is C22H29N3O4S. The number of likely N-dealkylation sites (tertiary alicyclic amines) is 1. The van der Waals surface area contributed by atoms with Crippen molar-refractivity contribution >= 4 is 21.6 Å². The zero-order chi connectivity index (χ0) is 21.4. The lowest BCUT2D eigenvalue weighted by atomic mass is 10.2. The quantitative estimate of drug-likeness (QED) is 0.565. The average molecular weight is 432 g/mol. The van der Waals surface area contributed by atoms with Crippen molar-refractivity contribution in [2.75, 3.05) is 37.2 Å². The number of rotatable bonds is 10. The monoisotopic (exact) mass is 431 g/mol. The number of benzene rings is 2. The first-order valence-electron chi connectivity index (χ1n) is 10.2. The molecule has 2 N–H and O–H groups in total. The second kappa shape index (κ2) is 10.4. The molecule has 1 heterocycles. The molecule has 0 unspecified atom stereocenters. The Morgan fingerprint density at radius 1 is 1.10 bits per heavy atom. The van der Waals surface area contributed by atoms with Crippen LogP contribution in [0.1, 0.15) is 35.2 Å². The van der Waals surface area contributed by atoms with Crippen LogP contribution in [0.15, 0.2) is 48.5 Å². The predicted octanol–water partition coefficient (Wildman–Crippen LogP) is 2.85. The summed E-state index contributed by atoms with van der Waals surface area (Å²) < 4.78 is 30.6. The number of hydrogen-bond acceptors (Lipinski definition) is 5. The summed E-state index contributed by atoms with van der Waals surface area (Å²) in [7, 11) is -3.33. The van der Waals surface area contributed by atoms with Gasteiger partial charge in [0.15, 0.2) is 0 Å². The normalized spacial score (nSPS) is 14.4. The summed E-state index contributed by atoms with van der Waals surface area (Å²) in [5.41, 5.74) is 2.16. The molecule has 0 atom stereocenters. The molecule has 0 bridgehead atoms. The van der Waals surface area contributed by atoms with Gasteiger partial charge in [0.1, 0.15) is 5.75 Å². The number of carbonyl (C=O) groups excluding carboxylic acids is 1. The van der Waals surface area contributed by atoms with E-state index in [9.17, 15) is 13.2 Å². The molecule has 0 aliphatic carbocycles. The van der Waals surface area contributed by atoms with E-state index in [1.807, 2.05) is 12.1 Å². The minimum atomic E-state index is -3.33. The first-order valence-corrected chi connectivity index (χ1v) is 12.1. The maximum Gasteiger partial charge on any atom is 0.251 e. The number of amides is 1. The Balaban J connectivity index is 1.37. The fourth-order valence-electron chi connectivity index (χ4n) is 3.40. The lowest BCUT2D eigenvalue weighted by Gasteiger charge is -2.15. The van der Waals surface area contributed by atoms with Crippen LogP contribution in [-0.2, 0) is 16.6 Å². The Hall–Kier alpha value is -2.58. The lowest BCUT2D eigenvalue weighted by molar-refractivity contribution is 0.0951. The molecule has 0 radical (unpaired) electrons. The van der Waals surface area contributed by atoms with E-state index < -0.39 is 10.0 Å². The Bertz CT molecular complexity index is 939. The maximum absolute atomic E-state index is 12.2. The maximum atomic E-state index is 12.2. The molecule has 1 fully saturated rings. The van der Waals surface area contributed by atoms with Crippen molar-refractivity contribution in [2.45, 2.75) is 25.8 Å². The molecule has 8 heteroatoms. The van der Waals surface area contributed by atoms with Crippen molar-refractivity contribution in [3.63, 3.8) is 0 Å². The second-order valence-corrected chi connectivity index (χ2v) is 9.29. The van der Waals surface area contributed by atoms with Crippen molar-refractivity contribution in [3.8, 4) is 5.75 Å². The highest BCUT2D eigenvalue weighted by Gasteiger charge is 2.12. The van der Waals surface area contributed by atoms with Gasteiger partial charge in [-0.1, -0.05) is 12.1 Å². The highest BCUT2D eigenvalue weighted by atomic mass is 32.2. The topological polar surface area (TPSA) is 87.7 Å². The van der Waals surface area contributed by atoms with Crippen LogP contribution in [0.25, 0.3) is 0 Å². The van der Waals surface area contributed by atoms with E-state index in [1.54, 1.807) is 24.3 Å². The van der Waals surface area contributed by atoms with Crippen LogP contribution in [-0.4, -0.2) is 51.7 Å². The third-order valence-electron chi connectivity index (χ3n) is 4.83. The molecular weight excluding hydrogens is 402 g/mol. The van der Waals surface area contributed by atoms with Gasteiger partial charge in [-0.15, -0.1) is 0 Å².